The van der Waals surface area contributed by atoms with Gasteiger partial charge < -0.3 is 0 Å². The minimum Gasteiger partial charge on any atom is -0.269 e. The second-order valence-electron chi connectivity index (χ2n) is 5.55. The molecule has 2 aliphatic rings. The van der Waals surface area contributed by atoms with Crippen LogP contribution >= 0.6 is 0 Å². The van der Waals surface area contributed by atoms with Crippen LogP contribution in [0.25, 0.3) is 0 Å². The average molecular weight is 281 g/mol. The van der Waals surface area contributed by atoms with Crippen LogP contribution in [0.15, 0.2) is 30.3 Å². The van der Waals surface area contributed by atoms with Crippen LogP contribution in [0, 0.1) is 0 Å². The lowest BCUT2D eigenvalue weighted by atomic mass is 10.1. The molecule has 0 bridgehead atoms. The zero-order chi connectivity index (χ0) is 14.4. The third kappa shape index (κ3) is 1.88. The highest BCUT2D eigenvalue weighted by Gasteiger charge is 2.35. The summed E-state index contributed by atoms with van der Waals surface area (Å²) in [5, 5.41) is 4.52. The van der Waals surface area contributed by atoms with Crippen molar-refractivity contribution in [1.82, 2.24) is 14.7 Å². The van der Waals surface area contributed by atoms with Crippen LogP contribution in [0.2, 0.25) is 0 Å². The minimum absolute atomic E-state index is 0.221. The number of rotatable bonds is 2. The molecule has 106 valence electrons. The largest absolute Gasteiger partial charge is 0.269 e. The smallest absolute Gasteiger partial charge is 0.261 e. The van der Waals surface area contributed by atoms with E-state index in [-0.39, 0.29) is 18.4 Å². The summed E-state index contributed by atoms with van der Waals surface area (Å²) in [5.41, 5.74) is 2.98. The van der Waals surface area contributed by atoms with Gasteiger partial charge in [0, 0.05) is 12.2 Å². The fourth-order valence-corrected chi connectivity index (χ4v) is 3.10. The summed E-state index contributed by atoms with van der Waals surface area (Å²) in [7, 11) is 0. The van der Waals surface area contributed by atoms with Crippen LogP contribution in [-0.2, 0) is 19.5 Å². The number of benzene rings is 1. The lowest BCUT2D eigenvalue weighted by molar-refractivity contribution is 0.0640. The number of amides is 2. The van der Waals surface area contributed by atoms with E-state index in [4.69, 9.17) is 0 Å². The van der Waals surface area contributed by atoms with Crippen LogP contribution in [0.3, 0.4) is 0 Å². The molecule has 0 spiro atoms. The Morgan fingerprint density at radius 1 is 1.05 bits per heavy atom. The van der Waals surface area contributed by atoms with E-state index in [0.29, 0.717) is 11.1 Å². The molecule has 0 saturated carbocycles. The van der Waals surface area contributed by atoms with Crippen molar-refractivity contribution in [2.45, 2.75) is 32.4 Å². The third-order valence-electron chi connectivity index (χ3n) is 4.17. The Bertz CT molecular complexity index is 689. The summed E-state index contributed by atoms with van der Waals surface area (Å²) in [4.78, 5) is 25.9. The SMILES string of the molecule is O=C1c2ccccc2C(=O)N1Cc1cc2n(n1)CCCC2. The monoisotopic (exact) mass is 281 g/mol. The van der Waals surface area contributed by atoms with E-state index >= 15 is 0 Å². The summed E-state index contributed by atoms with van der Waals surface area (Å²) >= 11 is 0. The summed E-state index contributed by atoms with van der Waals surface area (Å²) in [6, 6.07) is 8.98. The van der Waals surface area contributed by atoms with Crippen LogP contribution in [0.5, 0.6) is 0 Å². The fraction of sp³-hybridized carbons (Fsp3) is 0.312. The van der Waals surface area contributed by atoms with E-state index < -0.39 is 0 Å². The Morgan fingerprint density at radius 3 is 2.43 bits per heavy atom. The van der Waals surface area contributed by atoms with Gasteiger partial charge in [0.15, 0.2) is 0 Å². The first-order valence-electron chi connectivity index (χ1n) is 7.25. The van der Waals surface area contributed by atoms with Gasteiger partial charge in [0.2, 0.25) is 0 Å². The normalized spacial score (nSPS) is 17.0. The number of hydrogen-bond acceptors (Lipinski definition) is 3. The number of nitrogens with zero attached hydrogens (tertiary/aromatic N) is 3. The van der Waals surface area contributed by atoms with Crippen LogP contribution in [-0.4, -0.2) is 26.5 Å². The van der Waals surface area contributed by atoms with Gasteiger partial charge in [-0.15, -0.1) is 0 Å². The van der Waals surface area contributed by atoms with E-state index in [1.807, 2.05) is 10.7 Å². The summed E-state index contributed by atoms with van der Waals surface area (Å²) < 4.78 is 2.00. The molecule has 2 aromatic rings. The Morgan fingerprint density at radius 2 is 1.76 bits per heavy atom. The van der Waals surface area contributed by atoms with Crippen molar-refractivity contribution in [1.29, 1.82) is 0 Å². The molecule has 1 aromatic heterocycles. The molecule has 0 radical (unpaired) electrons. The molecule has 0 atom stereocenters. The molecule has 5 nitrogen and oxygen atoms in total. The van der Waals surface area contributed by atoms with Crippen molar-refractivity contribution in [2.24, 2.45) is 0 Å². The first kappa shape index (κ1) is 12.3. The molecule has 0 unspecified atom stereocenters. The Labute approximate surface area is 122 Å². The van der Waals surface area contributed by atoms with Gasteiger partial charge >= 0.3 is 0 Å². The molecule has 2 amide bonds. The van der Waals surface area contributed by atoms with Gasteiger partial charge in [0.1, 0.15) is 0 Å². The molecule has 1 aromatic carbocycles. The highest BCUT2D eigenvalue weighted by atomic mass is 16.2. The molecular weight excluding hydrogens is 266 g/mol. The number of fused-ring (bicyclic) bond motifs is 2. The molecule has 21 heavy (non-hydrogen) atoms. The van der Waals surface area contributed by atoms with Crippen molar-refractivity contribution >= 4 is 11.8 Å². The molecule has 4 rings (SSSR count). The molecule has 3 heterocycles. The van der Waals surface area contributed by atoms with Gasteiger partial charge in [-0.25, -0.2) is 0 Å². The van der Waals surface area contributed by atoms with E-state index in [9.17, 15) is 9.59 Å². The molecule has 0 N–H and O–H groups in total. The molecule has 2 aliphatic heterocycles. The summed E-state index contributed by atoms with van der Waals surface area (Å²) in [6.07, 6.45) is 3.34. The second kappa shape index (κ2) is 4.55. The number of aromatic nitrogens is 2. The van der Waals surface area contributed by atoms with Crippen LogP contribution in [0.1, 0.15) is 44.9 Å². The molecular formula is C16H15N3O2. The fourth-order valence-electron chi connectivity index (χ4n) is 3.10. The minimum atomic E-state index is -0.221. The van der Waals surface area contributed by atoms with Gasteiger partial charge in [-0.3, -0.25) is 19.2 Å². The summed E-state index contributed by atoms with van der Waals surface area (Å²) in [5.74, 6) is -0.442. The van der Waals surface area contributed by atoms with Gasteiger partial charge in [-0.2, -0.15) is 5.10 Å². The maximum absolute atomic E-state index is 12.3. The van der Waals surface area contributed by atoms with E-state index in [2.05, 4.69) is 5.10 Å². The van der Waals surface area contributed by atoms with Crippen molar-refractivity contribution in [3.8, 4) is 0 Å². The average Bonchev–Trinajstić information content (AvgIpc) is 3.02. The van der Waals surface area contributed by atoms with Crippen molar-refractivity contribution < 1.29 is 9.59 Å². The van der Waals surface area contributed by atoms with Crippen molar-refractivity contribution in [3.63, 3.8) is 0 Å². The number of carbonyl (C=O) groups is 2. The van der Waals surface area contributed by atoms with Gasteiger partial charge in [0.05, 0.1) is 23.4 Å². The zero-order valence-corrected chi connectivity index (χ0v) is 11.6. The zero-order valence-electron chi connectivity index (χ0n) is 11.6. The highest BCUT2D eigenvalue weighted by Crippen LogP contribution is 2.24. The number of carbonyl (C=O) groups excluding carboxylic acids is 2. The number of imide groups is 1. The third-order valence-corrected chi connectivity index (χ3v) is 4.17. The van der Waals surface area contributed by atoms with E-state index in [1.165, 1.54) is 17.0 Å². The standard InChI is InChI=1S/C16H15N3O2/c20-15-13-6-1-2-7-14(13)16(21)18(15)10-11-9-12-5-3-4-8-19(12)17-11/h1-2,6-7,9H,3-5,8,10H2. The summed E-state index contributed by atoms with van der Waals surface area (Å²) in [6.45, 7) is 1.18. The molecule has 0 aliphatic carbocycles. The maximum Gasteiger partial charge on any atom is 0.261 e. The van der Waals surface area contributed by atoms with Gasteiger partial charge in [0.25, 0.3) is 11.8 Å². The predicted molar refractivity (Wildman–Crippen MR) is 75.8 cm³/mol. The van der Waals surface area contributed by atoms with E-state index in [1.54, 1.807) is 24.3 Å². The Hall–Kier alpha value is -2.43. The second-order valence-corrected chi connectivity index (χ2v) is 5.55. The van der Waals surface area contributed by atoms with Gasteiger partial charge in [-0.05, 0) is 37.5 Å². The van der Waals surface area contributed by atoms with Crippen LogP contribution in [0.4, 0.5) is 0 Å². The van der Waals surface area contributed by atoms with Crippen molar-refractivity contribution in [3.05, 3.63) is 52.8 Å². The Balaban J connectivity index is 1.62. The molecule has 0 saturated heterocycles. The highest BCUT2D eigenvalue weighted by molar-refractivity contribution is 6.21. The van der Waals surface area contributed by atoms with Gasteiger partial charge in [-0.1, -0.05) is 12.1 Å². The van der Waals surface area contributed by atoms with E-state index in [0.717, 1.165) is 25.1 Å². The number of aryl methyl sites for hydroxylation is 2. The number of hydrogen-bond donors (Lipinski definition) is 0. The Kier molecular flexibility index (Phi) is 2.67. The lowest BCUT2D eigenvalue weighted by Crippen LogP contribution is -2.29. The van der Waals surface area contributed by atoms with Crippen molar-refractivity contribution in [2.75, 3.05) is 0 Å². The first-order chi connectivity index (χ1) is 10.2. The maximum atomic E-state index is 12.3. The topological polar surface area (TPSA) is 55.2 Å². The lowest BCUT2D eigenvalue weighted by Gasteiger charge is -2.12. The first-order valence-corrected chi connectivity index (χ1v) is 7.25. The quantitative estimate of drug-likeness (QED) is 0.791. The predicted octanol–water partition coefficient (Wildman–Crippen LogP) is 2.02. The molecule has 0 fully saturated rings. The molecule has 5 heteroatoms. The van der Waals surface area contributed by atoms with Crippen LogP contribution < -0.4 is 0 Å².